The van der Waals surface area contributed by atoms with Crippen molar-refractivity contribution in [1.82, 2.24) is 5.32 Å². The number of amides is 1. The van der Waals surface area contributed by atoms with Gasteiger partial charge >= 0.3 is 19.7 Å². The summed E-state index contributed by atoms with van der Waals surface area (Å²) in [5, 5.41) is 20.3. The van der Waals surface area contributed by atoms with Crippen molar-refractivity contribution in [2.75, 3.05) is 46.0 Å². The van der Waals surface area contributed by atoms with E-state index in [1.165, 1.54) is 88.5 Å². The highest BCUT2D eigenvalue weighted by molar-refractivity contribution is 7.47. The van der Waals surface area contributed by atoms with Crippen molar-refractivity contribution >= 4 is 13.7 Å². The molecule has 1 aromatic rings. The number of halogens is 3. The van der Waals surface area contributed by atoms with Crippen LogP contribution in [-0.4, -0.2) is 84.7 Å². The Labute approximate surface area is 365 Å². The number of phosphoric ester groups is 1. The Bertz CT molecular complexity index is 1400. The lowest BCUT2D eigenvalue weighted by Crippen LogP contribution is -2.49. The summed E-state index contributed by atoms with van der Waals surface area (Å²) in [5.74, 6) is 0.291. The maximum absolute atomic E-state index is 13.2. The maximum Gasteiger partial charge on any atom is 0.472 e. The number of aliphatic hydroxyl groups excluding tert-OH is 1. The molecule has 1 aliphatic rings. The Balaban J connectivity index is 1.69. The first-order valence-electron chi connectivity index (χ1n) is 23.6. The van der Waals surface area contributed by atoms with Gasteiger partial charge in [0.1, 0.15) is 18.9 Å². The lowest BCUT2D eigenvalue weighted by molar-refractivity contribution is -0.923. The fraction of sp³-hybridized carbons (Fsp3) is 0.804. The van der Waals surface area contributed by atoms with Crippen molar-refractivity contribution in [3.05, 3.63) is 42.0 Å². The van der Waals surface area contributed by atoms with Gasteiger partial charge in [0.25, 0.3) is 0 Å². The van der Waals surface area contributed by atoms with Gasteiger partial charge in [-0.05, 0) is 58.6 Å². The zero-order valence-electron chi connectivity index (χ0n) is 38.0. The largest absolute Gasteiger partial charge is 0.494 e. The lowest BCUT2D eigenvalue weighted by Gasteiger charge is -2.35. The summed E-state index contributed by atoms with van der Waals surface area (Å²) in [6, 6.07) is 4.84. The molecule has 1 amide bonds. The number of ether oxygens (including phenoxy) is 1. The molecule has 0 aliphatic carbocycles. The van der Waals surface area contributed by atoms with E-state index in [0.29, 0.717) is 25.3 Å². The number of unbranched alkanes of at least 4 members (excludes halogenated alkanes) is 19. The average molecular weight is 890 g/mol. The van der Waals surface area contributed by atoms with E-state index in [4.69, 9.17) is 13.8 Å². The first kappa shape index (κ1) is 54.8. The van der Waals surface area contributed by atoms with Gasteiger partial charge in [0.05, 0.1) is 45.0 Å². The van der Waals surface area contributed by atoms with E-state index >= 15 is 0 Å². The molecule has 1 unspecified atom stereocenters. The van der Waals surface area contributed by atoms with Gasteiger partial charge < -0.3 is 24.5 Å². The molecule has 0 radical (unpaired) electrons. The average Bonchev–Trinajstić information content (AvgIpc) is 4.06. The molecule has 15 heteroatoms. The molecule has 1 aromatic carbocycles. The quantitative estimate of drug-likeness (QED) is 0.0259. The number of hydrogen-bond donors (Lipinski definition) is 3. The smallest absolute Gasteiger partial charge is 0.472 e. The summed E-state index contributed by atoms with van der Waals surface area (Å²) in [6.07, 6.45) is 21.6. The molecule has 3 N–H and O–H groups in total. The molecule has 352 valence electrons. The van der Waals surface area contributed by atoms with Crippen LogP contribution in [0.1, 0.15) is 175 Å². The summed E-state index contributed by atoms with van der Waals surface area (Å²) in [4.78, 5) is 23.4. The third kappa shape index (κ3) is 22.7. The molecular weight excluding hydrogens is 808 g/mol. The van der Waals surface area contributed by atoms with Crippen LogP contribution in [0.2, 0.25) is 0 Å². The second-order valence-electron chi connectivity index (χ2n) is 16.7. The summed E-state index contributed by atoms with van der Waals surface area (Å²) in [6.45, 7) is 11.9. The Morgan fingerprint density at radius 1 is 0.770 bits per heavy atom. The number of nitrogens with one attached hydrogen (secondary N) is 1. The lowest BCUT2D eigenvalue weighted by atomic mass is 10.0. The van der Waals surface area contributed by atoms with Crippen LogP contribution in [0, 0.1) is 0 Å². The number of phosphoric acid groups is 1. The van der Waals surface area contributed by atoms with Crippen LogP contribution in [0.3, 0.4) is 0 Å². The maximum atomic E-state index is 13.2. The minimum Gasteiger partial charge on any atom is -0.494 e. The van der Waals surface area contributed by atoms with E-state index < -0.39 is 31.8 Å². The van der Waals surface area contributed by atoms with Crippen molar-refractivity contribution in [3.63, 3.8) is 0 Å². The molecule has 1 heterocycles. The second-order valence-corrected chi connectivity index (χ2v) is 18.2. The number of likely N-dealkylation sites (N-methyl/N-ethyl adjacent to an activating group) is 1. The van der Waals surface area contributed by atoms with E-state index in [-0.39, 0.29) is 24.7 Å². The number of nitrogens with zero attached hydrogens (tertiary/aromatic N) is 3. The normalized spacial score (nSPS) is 15.8. The number of hydrogen-bond acceptors (Lipinski definition) is 8. The van der Waals surface area contributed by atoms with Gasteiger partial charge in [0.15, 0.2) is 0 Å². The van der Waals surface area contributed by atoms with Crippen molar-refractivity contribution in [1.29, 1.82) is 0 Å². The highest BCUT2D eigenvalue weighted by Crippen LogP contribution is 2.52. The summed E-state index contributed by atoms with van der Waals surface area (Å²) in [5.41, 5.74) is -2.43. The van der Waals surface area contributed by atoms with Crippen molar-refractivity contribution in [2.24, 2.45) is 10.2 Å². The molecule has 0 bridgehead atoms. The summed E-state index contributed by atoms with van der Waals surface area (Å²) >= 11 is 0. The number of carbonyl (C=O) groups is 1. The van der Waals surface area contributed by atoms with Gasteiger partial charge in [-0.25, -0.2) is 4.57 Å². The Morgan fingerprint density at radius 3 is 1.79 bits per heavy atom. The van der Waals surface area contributed by atoms with Crippen LogP contribution < -0.4 is 10.1 Å². The van der Waals surface area contributed by atoms with Crippen LogP contribution in [0.4, 0.5) is 13.2 Å². The number of benzene rings is 1. The number of alkyl halides is 3. The predicted molar refractivity (Wildman–Crippen MR) is 237 cm³/mol. The van der Waals surface area contributed by atoms with E-state index in [2.05, 4.69) is 43.2 Å². The van der Waals surface area contributed by atoms with E-state index in [0.717, 1.165) is 94.7 Å². The van der Waals surface area contributed by atoms with E-state index in [9.17, 15) is 32.5 Å². The Morgan fingerprint density at radius 2 is 1.28 bits per heavy atom. The third-order valence-corrected chi connectivity index (χ3v) is 13.1. The van der Waals surface area contributed by atoms with Crippen LogP contribution >= 0.6 is 7.82 Å². The molecule has 0 aromatic heterocycles. The number of aliphatic hydroxyl groups is 1. The van der Waals surface area contributed by atoms with Crippen LogP contribution in [0.25, 0.3) is 0 Å². The fourth-order valence-electron chi connectivity index (χ4n) is 7.55. The summed E-state index contributed by atoms with van der Waals surface area (Å²) < 4.78 is 69.5. The van der Waals surface area contributed by atoms with Crippen LogP contribution in [0.15, 0.2) is 46.6 Å². The van der Waals surface area contributed by atoms with Gasteiger partial charge in [-0.1, -0.05) is 140 Å². The van der Waals surface area contributed by atoms with Gasteiger partial charge in [-0.3, -0.25) is 13.8 Å². The monoisotopic (exact) mass is 890 g/mol. The topological polar surface area (TPSA) is 139 Å². The molecule has 0 saturated heterocycles. The standard InChI is InChI=1S/C46H80F3N4O7P/c1-5-9-10-11-12-13-14-15-16-19-22-25-28-31-44(55)50-42(39-60-61(56,57)59-38-36-53(6-2,7-3)8-4)43(54)30-27-24-21-18-17-20-23-26-29-37-58-41-34-32-40(33-35-41)45(51-52-45)46(47,48)49/h27,30,32-35,42-43,54H,5-26,28-29,31,36-39H2,1-4H3,(H-,50,55,56,57)/p+1/b30-27+/t42-,43+/m0/s1. The van der Waals surface area contributed by atoms with Crippen molar-refractivity contribution < 1.29 is 50.8 Å². The minimum absolute atomic E-state index is 0.0131. The molecule has 11 nitrogen and oxygen atoms in total. The first-order chi connectivity index (χ1) is 29.3. The third-order valence-electron chi connectivity index (χ3n) is 12.1. The number of carbonyl (C=O) groups excluding carboxylic acids is 1. The fourth-order valence-corrected chi connectivity index (χ4v) is 8.28. The molecular formula is C46H81F3N4O7P+. The zero-order chi connectivity index (χ0) is 44.9. The summed E-state index contributed by atoms with van der Waals surface area (Å²) in [7, 11) is -4.42. The van der Waals surface area contributed by atoms with Crippen LogP contribution in [-0.2, 0) is 24.1 Å². The Kier molecular flexibility index (Phi) is 27.6. The van der Waals surface area contributed by atoms with Gasteiger partial charge in [-0.2, -0.15) is 13.2 Å². The highest BCUT2D eigenvalue weighted by Gasteiger charge is 2.65. The molecule has 0 fully saturated rings. The molecule has 2 rings (SSSR count). The number of allylic oxidation sites excluding steroid dienone is 1. The van der Waals surface area contributed by atoms with Crippen molar-refractivity contribution in [2.45, 2.75) is 193 Å². The van der Waals surface area contributed by atoms with Gasteiger partial charge in [0, 0.05) is 12.0 Å². The Hall–Kier alpha value is -2.35. The molecule has 61 heavy (non-hydrogen) atoms. The second kappa shape index (κ2) is 30.7. The van der Waals surface area contributed by atoms with E-state index in [1.807, 2.05) is 6.08 Å². The molecule has 0 saturated carbocycles. The molecule has 3 atom stereocenters. The van der Waals surface area contributed by atoms with E-state index in [1.54, 1.807) is 6.08 Å². The first-order valence-corrected chi connectivity index (χ1v) is 25.1. The van der Waals surface area contributed by atoms with Crippen molar-refractivity contribution in [3.8, 4) is 5.75 Å². The van der Waals surface area contributed by atoms with Gasteiger partial charge in [-0.15, -0.1) is 10.2 Å². The van der Waals surface area contributed by atoms with Gasteiger partial charge in [0.2, 0.25) is 5.91 Å². The SMILES string of the molecule is CCCCCCCCCCCCCCCC(=O)N[C@@H](COP(=O)(O)OCC[N+](CC)(CC)CC)[C@H](O)/C=C/CCCCCCCCCOc1ccc(C2(C(F)(F)F)N=N2)cc1. The predicted octanol–water partition coefficient (Wildman–Crippen LogP) is 12.3. The number of rotatable bonds is 39. The molecule has 1 aliphatic heterocycles. The number of quaternary nitrogens is 1. The molecule has 0 spiro atoms. The highest BCUT2D eigenvalue weighted by atomic mass is 31.2. The zero-order valence-corrected chi connectivity index (χ0v) is 38.9. The van der Waals surface area contributed by atoms with Crippen LogP contribution in [0.5, 0.6) is 5.75 Å². The minimum atomic E-state index is -4.54.